The summed E-state index contributed by atoms with van der Waals surface area (Å²) in [5.74, 6) is 0.558. The molecule has 17 heavy (non-hydrogen) atoms. The van der Waals surface area contributed by atoms with Crippen LogP contribution in [0.1, 0.15) is 45.1 Å². The maximum Gasteiger partial charge on any atom is 0.0751 e. The average molecular weight is 233 g/mol. The monoisotopic (exact) mass is 233 g/mol. The van der Waals surface area contributed by atoms with Crippen molar-refractivity contribution >= 4 is 5.69 Å². The Kier molecular flexibility index (Phi) is 4.06. The topological polar surface area (TPSA) is 21.3 Å². The molecule has 0 bridgehead atoms. The molecule has 1 saturated heterocycles. The van der Waals surface area contributed by atoms with Crippen LogP contribution in [0.4, 0.5) is 5.69 Å². The fourth-order valence-corrected chi connectivity index (χ4v) is 2.42. The van der Waals surface area contributed by atoms with Crippen LogP contribution in [0.25, 0.3) is 0 Å². The van der Waals surface area contributed by atoms with Crippen molar-refractivity contribution in [3.05, 3.63) is 29.8 Å². The van der Waals surface area contributed by atoms with Gasteiger partial charge < -0.3 is 10.1 Å². The molecule has 1 aliphatic rings. The second-order valence-electron chi connectivity index (χ2n) is 5.27. The predicted octanol–water partition coefficient (Wildman–Crippen LogP) is 3.79. The Hall–Kier alpha value is -1.02. The Bertz CT molecular complexity index is 362. The van der Waals surface area contributed by atoms with E-state index in [1.165, 1.54) is 24.1 Å². The Balaban J connectivity index is 1.94. The molecule has 2 nitrogen and oxygen atoms in total. The average Bonchev–Trinajstić information content (AvgIpc) is 2.73. The number of benzene rings is 1. The van der Waals surface area contributed by atoms with Gasteiger partial charge in [-0.1, -0.05) is 32.0 Å². The Morgan fingerprint density at radius 2 is 2.06 bits per heavy atom. The van der Waals surface area contributed by atoms with E-state index in [0.717, 1.165) is 6.54 Å². The van der Waals surface area contributed by atoms with Gasteiger partial charge >= 0.3 is 0 Å². The first-order valence-corrected chi connectivity index (χ1v) is 6.65. The molecule has 1 aromatic rings. The van der Waals surface area contributed by atoms with Gasteiger partial charge in [-0.05, 0) is 37.3 Å². The largest absolute Gasteiger partial charge is 0.382 e. The molecule has 1 aliphatic heterocycles. The summed E-state index contributed by atoms with van der Waals surface area (Å²) < 4.78 is 5.82. The molecule has 0 radical (unpaired) electrons. The zero-order valence-electron chi connectivity index (χ0n) is 11.1. The third-order valence-corrected chi connectivity index (χ3v) is 3.42. The predicted molar refractivity (Wildman–Crippen MR) is 72.6 cm³/mol. The lowest BCUT2D eigenvalue weighted by atomic mass is 10.0. The first kappa shape index (κ1) is 12.4. The van der Waals surface area contributed by atoms with E-state index in [1.807, 2.05) is 0 Å². The highest BCUT2D eigenvalue weighted by Crippen LogP contribution is 2.25. The van der Waals surface area contributed by atoms with Crippen molar-refractivity contribution in [2.75, 3.05) is 11.9 Å². The third-order valence-electron chi connectivity index (χ3n) is 3.42. The Morgan fingerprint density at radius 3 is 2.71 bits per heavy atom. The van der Waals surface area contributed by atoms with E-state index in [-0.39, 0.29) is 0 Å². The molecular formula is C15H23NO. The van der Waals surface area contributed by atoms with Gasteiger partial charge in [0.2, 0.25) is 0 Å². The molecule has 94 valence electrons. The lowest BCUT2D eigenvalue weighted by molar-refractivity contribution is 0.0637. The minimum Gasteiger partial charge on any atom is -0.382 e. The molecule has 0 aliphatic carbocycles. The van der Waals surface area contributed by atoms with E-state index < -0.39 is 0 Å². The van der Waals surface area contributed by atoms with Crippen molar-refractivity contribution in [1.29, 1.82) is 0 Å². The summed E-state index contributed by atoms with van der Waals surface area (Å²) in [4.78, 5) is 0. The van der Waals surface area contributed by atoms with Crippen molar-refractivity contribution in [2.45, 2.75) is 51.7 Å². The molecule has 1 heterocycles. The first-order valence-electron chi connectivity index (χ1n) is 6.65. The van der Waals surface area contributed by atoms with Crippen LogP contribution < -0.4 is 5.32 Å². The van der Waals surface area contributed by atoms with Crippen molar-refractivity contribution in [3.63, 3.8) is 0 Å². The molecule has 0 aromatic heterocycles. The third kappa shape index (κ3) is 3.22. The maximum absolute atomic E-state index is 5.82. The van der Waals surface area contributed by atoms with E-state index in [1.54, 1.807) is 0 Å². The van der Waals surface area contributed by atoms with Crippen LogP contribution in [0.15, 0.2) is 24.3 Å². The highest BCUT2D eigenvalue weighted by molar-refractivity contribution is 5.52. The highest BCUT2D eigenvalue weighted by atomic mass is 16.5. The zero-order valence-corrected chi connectivity index (χ0v) is 11.1. The SMILES string of the molecule is CC1CCC(CNc2ccccc2C(C)C)O1. The Morgan fingerprint density at radius 1 is 1.29 bits per heavy atom. The lowest BCUT2D eigenvalue weighted by Gasteiger charge is -2.17. The normalized spacial score (nSPS) is 24.2. The highest BCUT2D eigenvalue weighted by Gasteiger charge is 2.21. The van der Waals surface area contributed by atoms with Crippen molar-refractivity contribution < 1.29 is 4.74 Å². The lowest BCUT2D eigenvalue weighted by Crippen LogP contribution is -2.20. The fourth-order valence-electron chi connectivity index (χ4n) is 2.42. The first-order chi connectivity index (χ1) is 8.16. The van der Waals surface area contributed by atoms with Gasteiger partial charge in [-0.15, -0.1) is 0 Å². The zero-order chi connectivity index (χ0) is 12.3. The molecule has 2 heteroatoms. The quantitative estimate of drug-likeness (QED) is 0.854. The summed E-state index contributed by atoms with van der Waals surface area (Å²) in [6, 6.07) is 8.56. The van der Waals surface area contributed by atoms with E-state index in [0.29, 0.717) is 18.1 Å². The van der Waals surface area contributed by atoms with E-state index >= 15 is 0 Å². The number of hydrogen-bond donors (Lipinski definition) is 1. The molecule has 1 aromatic carbocycles. The number of nitrogens with one attached hydrogen (secondary N) is 1. The van der Waals surface area contributed by atoms with Gasteiger partial charge in [-0.2, -0.15) is 0 Å². The van der Waals surface area contributed by atoms with Crippen LogP contribution >= 0.6 is 0 Å². The molecule has 0 spiro atoms. The van der Waals surface area contributed by atoms with Crippen LogP contribution in [-0.4, -0.2) is 18.8 Å². The molecule has 2 unspecified atom stereocenters. The van der Waals surface area contributed by atoms with Crippen LogP contribution in [-0.2, 0) is 4.74 Å². The van der Waals surface area contributed by atoms with E-state index in [2.05, 4.69) is 50.4 Å². The van der Waals surface area contributed by atoms with Crippen molar-refractivity contribution in [2.24, 2.45) is 0 Å². The molecular weight excluding hydrogens is 210 g/mol. The summed E-state index contributed by atoms with van der Waals surface area (Å²) >= 11 is 0. The molecule has 1 fully saturated rings. The van der Waals surface area contributed by atoms with Gasteiger partial charge in [-0.3, -0.25) is 0 Å². The maximum atomic E-state index is 5.82. The molecule has 0 amide bonds. The van der Waals surface area contributed by atoms with Crippen LogP contribution in [0, 0.1) is 0 Å². The molecule has 2 rings (SSSR count). The summed E-state index contributed by atoms with van der Waals surface area (Å²) in [5.41, 5.74) is 2.64. The number of hydrogen-bond acceptors (Lipinski definition) is 2. The van der Waals surface area contributed by atoms with Gasteiger partial charge in [0.25, 0.3) is 0 Å². The Labute approximate surface area is 104 Å². The van der Waals surface area contributed by atoms with E-state index in [9.17, 15) is 0 Å². The standard InChI is InChI=1S/C15H23NO/c1-11(2)14-6-4-5-7-15(14)16-10-13-9-8-12(3)17-13/h4-7,11-13,16H,8-10H2,1-3H3. The minimum absolute atomic E-state index is 0.380. The molecule has 1 N–H and O–H groups in total. The molecule has 2 atom stereocenters. The smallest absolute Gasteiger partial charge is 0.0751 e. The van der Waals surface area contributed by atoms with Crippen LogP contribution in [0.2, 0.25) is 0 Å². The van der Waals surface area contributed by atoms with Gasteiger partial charge in [0.05, 0.1) is 12.2 Å². The number of rotatable bonds is 4. The summed E-state index contributed by atoms with van der Waals surface area (Å²) in [7, 11) is 0. The minimum atomic E-state index is 0.380. The van der Waals surface area contributed by atoms with E-state index in [4.69, 9.17) is 4.74 Å². The number of ether oxygens (including phenoxy) is 1. The fraction of sp³-hybridized carbons (Fsp3) is 0.600. The second kappa shape index (κ2) is 5.54. The van der Waals surface area contributed by atoms with Crippen molar-refractivity contribution in [1.82, 2.24) is 0 Å². The summed E-state index contributed by atoms with van der Waals surface area (Å²) in [6.45, 7) is 7.54. The van der Waals surface area contributed by atoms with Crippen LogP contribution in [0.3, 0.4) is 0 Å². The summed E-state index contributed by atoms with van der Waals surface area (Å²) in [5, 5.41) is 3.53. The van der Waals surface area contributed by atoms with Crippen molar-refractivity contribution in [3.8, 4) is 0 Å². The molecule has 0 saturated carbocycles. The number of anilines is 1. The second-order valence-corrected chi connectivity index (χ2v) is 5.27. The van der Waals surface area contributed by atoms with Gasteiger partial charge in [0.1, 0.15) is 0 Å². The summed E-state index contributed by atoms with van der Waals surface area (Å²) in [6.07, 6.45) is 3.18. The number of para-hydroxylation sites is 1. The van der Waals surface area contributed by atoms with Gasteiger partial charge in [0.15, 0.2) is 0 Å². The van der Waals surface area contributed by atoms with Crippen LogP contribution in [0.5, 0.6) is 0 Å². The van der Waals surface area contributed by atoms with Gasteiger partial charge in [-0.25, -0.2) is 0 Å². The van der Waals surface area contributed by atoms with Gasteiger partial charge in [0, 0.05) is 12.2 Å².